The van der Waals surface area contributed by atoms with Gasteiger partial charge in [0.2, 0.25) is 5.91 Å². The van der Waals surface area contributed by atoms with Gasteiger partial charge in [0, 0.05) is 48.9 Å². The third-order valence-electron chi connectivity index (χ3n) is 8.19. The number of halogens is 4. The van der Waals surface area contributed by atoms with Crippen LogP contribution in [0.3, 0.4) is 0 Å². The monoisotopic (exact) mass is 577 g/mol. The Labute approximate surface area is 243 Å². The number of hydrogen-bond donors (Lipinski definition) is 0. The first kappa shape index (κ1) is 34.3. The molecule has 1 aromatic carbocycles. The van der Waals surface area contributed by atoms with Crippen molar-refractivity contribution in [2.75, 3.05) is 19.6 Å². The molecule has 0 aromatic heterocycles. The van der Waals surface area contributed by atoms with Crippen molar-refractivity contribution < 1.29 is 22.4 Å². The van der Waals surface area contributed by atoms with Crippen LogP contribution in [-0.2, 0) is 11.2 Å². The number of rotatable bonds is 8. The Morgan fingerprint density at radius 1 is 1.17 bits per heavy atom. The molecule has 0 radical (unpaired) electrons. The predicted octanol–water partition coefficient (Wildman–Crippen LogP) is 8.51. The first-order valence-corrected chi connectivity index (χ1v) is 14.6. The molecule has 2 fully saturated rings. The molecule has 1 saturated carbocycles. The van der Waals surface area contributed by atoms with Crippen LogP contribution in [0.5, 0.6) is 0 Å². The molecule has 0 spiro atoms. The van der Waals surface area contributed by atoms with Gasteiger partial charge in [0.1, 0.15) is 11.2 Å². The molecule has 1 aliphatic heterocycles. The summed E-state index contributed by atoms with van der Waals surface area (Å²) in [5.41, 5.74) is 3.00. The number of allylic oxidation sites excluding steroid dienone is 4. The zero-order valence-electron chi connectivity index (χ0n) is 25.7. The Bertz CT molecular complexity index is 1150. The van der Waals surface area contributed by atoms with Crippen molar-refractivity contribution in [2.45, 2.75) is 92.8 Å². The van der Waals surface area contributed by atoms with E-state index in [1.807, 2.05) is 33.8 Å². The van der Waals surface area contributed by atoms with Crippen molar-refractivity contribution in [2.24, 2.45) is 16.3 Å². The van der Waals surface area contributed by atoms with E-state index in [0.29, 0.717) is 19.0 Å². The maximum atomic E-state index is 13.4. The molecule has 1 unspecified atom stereocenters. The van der Waals surface area contributed by atoms with Crippen LogP contribution < -0.4 is 0 Å². The molecule has 1 amide bonds. The molecule has 3 rings (SSSR count). The molecule has 0 N–H and O–H groups in total. The minimum absolute atomic E-state index is 0.133. The van der Waals surface area contributed by atoms with Gasteiger partial charge in [-0.15, -0.1) is 0 Å². The van der Waals surface area contributed by atoms with Crippen molar-refractivity contribution in [1.82, 2.24) is 9.80 Å². The molecule has 41 heavy (non-hydrogen) atoms. The van der Waals surface area contributed by atoms with Gasteiger partial charge in [-0.1, -0.05) is 44.6 Å². The fourth-order valence-corrected chi connectivity index (χ4v) is 5.37. The highest BCUT2D eigenvalue weighted by molar-refractivity contribution is 6.03. The average molecular weight is 578 g/mol. The Balaban J connectivity index is 0.000000493. The highest BCUT2D eigenvalue weighted by Gasteiger charge is 2.55. The minimum Gasteiger partial charge on any atom is -0.371 e. The van der Waals surface area contributed by atoms with E-state index in [1.165, 1.54) is 29.2 Å². The summed E-state index contributed by atoms with van der Waals surface area (Å²) in [5, 5.41) is 0. The predicted molar refractivity (Wildman–Crippen MR) is 160 cm³/mol. The number of aryl methyl sites for hydroxylation is 1. The molecule has 1 aliphatic carbocycles. The molecule has 1 saturated heterocycles. The van der Waals surface area contributed by atoms with Crippen LogP contribution in [0.4, 0.5) is 17.6 Å². The highest BCUT2D eigenvalue weighted by atomic mass is 19.4. The second-order valence-electron chi connectivity index (χ2n) is 11.5. The number of alkyl halides is 3. The van der Waals surface area contributed by atoms with Crippen LogP contribution in [0, 0.1) is 17.2 Å². The second-order valence-corrected chi connectivity index (χ2v) is 11.5. The van der Waals surface area contributed by atoms with E-state index in [9.17, 15) is 22.4 Å². The maximum absolute atomic E-state index is 13.4. The first-order valence-electron chi connectivity index (χ1n) is 14.6. The van der Waals surface area contributed by atoms with Crippen molar-refractivity contribution in [3.05, 3.63) is 71.3 Å². The summed E-state index contributed by atoms with van der Waals surface area (Å²) in [4.78, 5) is 20.7. The molecular formula is C33H47F4N3O. The summed E-state index contributed by atoms with van der Waals surface area (Å²) in [6.07, 6.45) is 4.69. The van der Waals surface area contributed by atoms with Gasteiger partial charge in [-0.2, -0.15) is 13.2 Å². The van der Waals surface area contributed by atoms with Gasteiger partial charge < -0.3 is 9.80 Å². The van der Waals surface area contributed by atoms with Crippen molar-refractivity contribution in [3.8, 4) is 0 Å². The van der Waals surface area contributed by atoms with Crippen LogP contribution in [0.2, 0.25) is 0 Å². The summed E-state index contributed by atoms with van der Waals surface area (Å²) in [6, 6.07) is 6.43. The van der Waals surface area contributed by atoms with E-state index in [-0.39, 0.29) is 18.4 Å². The number of piperazine rings is 1. The zero-order valence-corrected chi connectivity index (χ0v) is 25.7. The number of carbonyl (C=O) groups excluding carboxylic acids is 1. The molecule has 2 aliphatic rings. The summed E-state index contributed by atoms with van der Waals surface area (Å²) in [6.45, 7) is 16.8. The molecule has 228 valence electrons. The summed E-state index contributed by atoms with van der Waals surface area (Å²) < 4.78 is 52.7. The van der Waals surface area contributed by atoms with Gasteiger partial charge in [0.05, 0.1) is 0 Å². The van der Waals surface area contributed by atoms with Gasteiger partial charge in [-0.3, -0.25) is 9.79 Å². The van der Waals surface area contributed by atoms with E-state index in [2.05, 4.69) is 29.5 Å². The van der Waals surface area contributed by atoms with Crippen LogP contribution in [0.15, 0.2) is 65.0 Å². The Morgan fingerprint density at radius 3 is 2.29 bits per heavy atom. The fraction of sp³-hybridized carbons (Fsp3) is 0.576. The van der Waals surface area contributed by atoms with Crippen LogP contribution in [0.1, 0.15) is 79.7 Å². The average Bonchev–Trinajstić information content (AvgIpc) is 2.86. The van der Waals surface area contributed by atoms with Gasteiger partial charge >= 0.3 is 6.18 Å². The van der Waals surface area contributed by atoms with E-state index in [4.69, 9.17) is 0 Å². The van der Waals surface area contributed by atoms with Gasteiger partial charge in [-0.05, 0) is 90.0 Å². The third-order valence-corrected chi connectivity index (χ3v) is 8.19. The molecule has 1 aromatic rings. The fourth-order valence-electron chi connectivity index (χ4n) is 5.37. The number of carbonyl (C=O) groups is 1. The molecule has 1 heterocycles. The summed E-state index contributed by atoms with van der Waals surface area (Å²) in [5.74, 6) is -0.481. The Morgan fingerprint density at radius 2 is 1.83 bits per heavy atom. The highest BCUT2D eigenvalue weighted by Crippen LogP contribution is 2.41. The Kier molecular flexibility index (Phi) is 12.4. The smallest absolute Gasteiger partial charge is 0.371 e. The number of amides is 1. The van der Waals surface area contributed by atoms with E-state index in [0.717, 1.165) is 62.1 Å². The second kappa shape index (κ2) is 14.8. The lowest BCUT2D eigenvalue weighted by Gasteiger charge is -2.45. The lowest BCUT2D eigenvalue weighted by atomic mass is 9.75. The standard InChI is InChI=1S/C24H36F3N3O.C9H11F/c1-8-20(19-11-10-12-19)21(17(4)28-9-2)18(5)29-13-14-30(16(3)15-29)22(31)23(6,7)24(25,26)27;1-2-4-8-5-3-6-9(10)7-8/h8-9,16,19H,2,10-15H2,1,3-7H3;3,5-7H,2,4H2,1H3/b20-8-,21-18-,28-17?;. The van der Waals surface area contributed by atoms with Crippen molar-refractivity contribution in [3.63, 3.8) is 0 Å². The molecule has 1 atom stereocenters. The molecular weight excluding hydrogens is 530 g/mol. The van der Waals surface area contributed by atoms with Crippen molar-refractivity contribution >= 4 is 11.6 Å². The third kappa shape index (κ3) is 8.55. The molecule has 4 nitrogen and oxygen atoms in total. The minimum atomic E-state index is -4.58. The number of benzene rings is 1. The number of aliphatic imine (C=N–C) groups is 1. The largest absolute Gasteiger partial charge is 0.402 e. The topological polar surface area (TPSA) is 35.9 Å². The number of nitrogens with zero attached hydrogens (tertiary/aromatic N) is 3. The van der Waals surface area contributed by atoms with E-state index >= 15 is 0 Å². The van der Waals surface area contributed by atoms with Gasteiger partial charge in [0.15, 0.2) is 0 Å². The lowest BCUT2D eigenvalue weighted by Crippen LogP contribution is -2.58. The first-order chi connectivity index (χ1) is 19.2. The maximum Gasteiger partial charge on any atom is 0.402 e. The summed E-state index contributed by atoms with van der Waals surface area (Å²) >= 11 is 0. The molecule has 0 bridgehead atoms. The van der Waals surface area contributed by atoms with Crippen LogP contribution >= 0.6 is 0 Å². The SMILES string of the molecule is C=CN=C(C)C(/C(=C\C)C1CCC1)=C(\C)N1CCN(C(=O)C(C)(C)C(F)(F)F)C(C)C1.CCCc1cccc(F)c1. The lowest BCUT2D eigenvalue weighted by molar-refractivity contribution is -0.219. The zero-order chi connectivity index (χ0) is 31.0. The van der Waals surface area contributed by atoms with E-state index < -0.39 is 17.5 Å². The molecule has 8 heteroatoms. The summed E-state index contributed by atoms with van der Waals surface area (Å²) in [7, 11) is 0. The normalized spacial score (nSPS) is 19.6. The quantitative estimate of drug-likeness (QED) is 0.176. The van der Waals surface area contributed by atoms with Crippen LogP contribution in [0.25, 0.3) is 0 Å². The van der Waals surface area contributed by atoms with Gasteiger partial charge in [0.25, 0.3) is 0 Å². The van der Waals surface area contributed by atoms with Crippen LogP contribution in [-0.4, -0.2) is 53.3 Å². The van der Waals surface area contributed by atoms with E-state index in [1.54, 1.807) is 12.1 Å². The number of hydrogen-bond acceptors (Lipinski definition) is 3. The van der Waals surface area contributed by atoms with Gasteiger partial charge in [-0.25, -0.2) is 4.39 Å². The van der Waals surface area contributed by atoms with Crippen molar-refractivity contribution in [1.29, 1.82) is 0 Å². The Hall–Kier alpha value is -2.90.